The van der Waals surface area contributed by atoms with Crippen LogP contribution in [0.2, 0.25) is 0 Å². The Bertz CT molecular complexity index is 149. The molecular formula is C11H22ClN. The Morgan fingerprint density at radius 3 is 2.77 bits per heavy atom. The van der Waals surface area contributed by atoms with E-state index in [1.807, 2.05) is 0 Å². The number of alkyl halides is 1. The van der Waals surface area contributed by atoms with Gasteiger partial charge < -0.3 is 4.90 Å². The van der Waals surface area contributed by atoms with Crippen LogP contribution in [0.3, 0.4) is 0 Å². The summed E-state index contributed by atoms with van der Waals surface area (Å²) in [7, 11) is 0. The molecule has 2 heteroatoms. The summed E-state index contributed by atoms with van der Waals surface area (Å²) >= 11 is 6.19. The molecule has 1 nitrogen and oxygen atoms in total. The Morgan fingerprint density at radius 1 is 1.54 bits per heavy atom. The topological polar surface area (TPSA) is 3.24 Å². The first kappa shape index (κ1) is 11.3. The van der Waals surface area contributed by atoms with E-state index >= 15 is 0 Å². The molecule has 0 radical (unpaired) electrons. The van der Waals surface area contributed by atoms with E-state index in [-0.39, 0.29) is 0 Å². The number of hydrogen-bond donors (Lipinski definition) is 0. The monoisotopic (exact) mass is 203 g/mol. The summed E-state index contributed by atoms with van der Waals surface area (Å²) < 4.78 is 0. The average molecular weight is 204 g/mol. The van der Waals surface area contributed by atoms with Gasteiger partial charge in [0.15, 0.2) is 0 Å². The minimum absolute atomic E-state index is 0.407. The van der Waals surface area contributed by atoms with E-state index in [1.54, 1.807) is 0 Å². The van der Waals surface area contributed by atoms with E-state index in [0.717, 1.165) is 12.5 Å². The zero-order valence-electron chi connectivity index (χ0n) is 9.09. The van der Waals surface area contributed by atoms with Crippen molar-refractivity contribution in [2.75, 3.05) is 13.1 Å². The highest BCUT2D eigenvalue weighted by atomic mass is 35.5. The molecule has 0 aromatic rings. The van der Waals surface area contributed by atoms with Crippen molar-refractivity contribution in [3.8, 4) is 0 Å². The predicted octanol–water partition coefficient (Wildman–Crippen LogP) is 3.12. The second kappa shape index (κ2) is 5.21. The molecule has 0 spiro atoms. The van der Waals surface area contributed by atoms with Gasteiger partial charge in [-0.25, -0.2) is 0 Å². The second-order valence-electron chi connectivity index (χ2n) is 4.41. The molecule has 1 saturated heterocycles. The molecule has 0 amide bonds. The van der Waals surface area contributed by atoms with E-state index in [0.29, 0.717) is 11.3 Å². The molecule has 1 aliphatic rings. The summed E-state index contributed by atoms with van der Waals surface area (Å²) in [6.45, 7) is 9.25. The molecule has 1 aliphatic heterocycles. The second-order valence-corrected chi connectivity index (χ2v) is 4.98. The van der Waals surface area contributed by atoms with Gasteiger partial charge in [-0.15, -0.1) is 11.6 Å². The van der Waals surface area contributed by atoms with Gasteiger partial charge in [-0.2, -0.15) is 0 Å². The van der Waals surface area contributed by atoms with Crippen LogP contribution in [0, 0.1) is 5.92 Å². The van der Waals surface area contributed by atoms with Gasteiger partial charge in [-0.1, -0.05) is 20.3 Å². The van der Waals surface area contributed by atoms with Crippen LogP contribution < -0.4 is 0 Å². The lowest BCUT2D eigenvalue weighted by Gasteiger charge is -2.37. The van der Waals surface area contributed by atoms with Crippen molar-refractivity contribution in [3.63, 3.8) is 0 Å². The third kappa shape index (κ3) is 3.14. The van der Waals surface area contributed by atoms with E-state index < -0.39 is 0 Å². The van der Waals surface area contributed by atoms with Gasteiger partial charge in [0.25, 0.3) is 0 Å². The van der Waals surface area contributed by atoms with E-state index in [2.05, 4.69) is 25.7 Å². The molecule has 0 aliphatic carbocycles. The van der Waals surface area contributed by atoms with Crippen LogP contribution >= 0.6 is 11.6 Å². The highest BCUT2D eigenvalue weighted by Gasteiger charge is 2.26. The van der Waals surface area contributed by atoms with Crippen molar-refractivity contribution >= 4 is 11.6 Å². The van der Waals surface area contributed by atoms with Crippen LogP contribution in [0.4, 0.5) is 0 Å². The van der Waals surface area contributed by atoms with Gasteiger partial charge in [0.1, 0.15) is 0 Å². The quantitative estimate of drug-likeness (QED) is 0.638. The van der Waals surface area contributed by atoms with Crippen LogP contribution in [0.15, 0.2) is 0 Å². The number of halogens is 1. The van der Waals surface area contributed by atoms with Crippen LogP contribution in [0.25, 0.3) is 0 Å². The van der Waals surface area contributed by atoms with Crippen molar-refractivity contribution in [2.45, 2.75) is 51.5 Å². The number of hydrogen-bond acceptors (Lipinski definition) is 1. The molecule has 0 aromatic carbocycles. The van der Waals surface area contributed by atoms with Crippen LogP contribution in [-0.2, 0) is 0 Å². The number of nitrogens with zero attached hydrogens (tertiary/aromatic N) is 1. The summed E-state index contributed by atoms with van der Waals surface area (Å²) in [6, 6.07) is 0.747. The zero-order chi connectivity index (χ0) is 9.84. The summed E-state index contributed by atoms with van der Waals surface area (Å²) in [5.74, 6) is 0.662. The molecule has 0 aromatic heterocycles. The van der Waals surface area contributed by atoms with Crippen LogP contribution in [-0.4, -0.2) is 29.4 Å². The van der Waals surface area contributed by atoms with Crippen molar-refractivity contribution in [1.82, 2.24) is 4.90 Å². The fraction of sp³-hybridized carbons (Fsp3) is 1.00. The summed E-state index contributed by atoms with van der Waals surface area (Å²) in [6.07, 6.45) is 3.77. The maximum atomic E-state index is 6.19. The largest absolute Gasteiger partial charge is 0.300 e. The lowest BCUT2D eigenvalue weighted by Crippen LogP contribution is -2.44. The van der Waals surface area contributed by atoms with Gasteiger partial charge in [-0.05, 0) is 32.2 Å². The standard InChI is InChI=1S/C11H22ClN/c1-4-5-10(3)13-7-6-11(12)9(2)8-13/h9-11H,4-8H2,1-3H3. The predicted molar refractivity (Wildman–Crippen MR) is 59.4 cm³/mol. The minimum atomic E-state index is 0.407. The first-order valence-electron chi connectivity index (χ1n) is 5.53. The SMILES string of the molecule is CCCC(C)N1CCC(Cl)C(C)C1. The van der Waals surface area contributed by atoms with E-state index in [1.165, 1.54) is 25.9 Å². The summed E-state index contributed by atoms with van der Waals surface area (Å²) in [5.41, 5.74) is 0. The first-order chi connectivity index (χ1) is 6.15. The lowest BCUT2D eigenvalue weighted by atomic mass is 9.97. The third-order valence-corrected chi connectivity index (χ3v) is 3.81. The third-order valence-electron chi connectivity index (χ3n) is 3.16. The molecule has 1 fully saturated rings. The molecule has 3 unspecified atom stereocenters. The Balaban J connectivity index is 2.36. The Morgan fingerprint density at radius 2 is 2.23 bits per heavy atom. The van der Waals surface area contributed by atoms with Gasteiger partial charge in [0.05, 0.1) is 0 Å². The zero-order valence-corrected chi connectivity index (χ0v) is 9.85. The summed E-state index contributed by atoms with van der Waals surface area (Å²) in [4.78, 5) is 2.59. The van der Waals surface area contributed by atoms with Crippen LogP contribution in [0.1, 0.15) is 40.0 Å². The van der Waals surface area contributed by atoms with Crippen molar-refractivity contribution in [1.29, 1.82) is 0 Å². The Kier molecular flexibility index (Phi) is 4.54. The molecule has 1 heterocycles. The first-order valence-corrected chi connectivity index (χ1v) is 5.97. The van der Waals surface area contributed by atoms with Gasteiger partial charge >= 0.3 is 0 Å². The molecule has 13 heavy (non-hydrogen) atoms. The van der Waals surface area contributed by atoms with E-state index in [9.17, 15) is 0 Å². The number of likely N-dealkylation sites (tertiary alicyclic amines) is 1. The molecule has 78 valence electrons. The summed E-state index contributed by atoms with van der Waals surface area (Å²) in [5, 5.41) is 0.407. The average Bonchev–Trinajstić information content (AvgIpc) is 2.10. The Hall–Kier alpha value is 0.250. The normalized spacial score (nSPS) is 33.2. The Labute approximate surface area is 87.4 Å². The molecule has 0 N–H and O–H groups in total. The van der Waals surface area contributed by atoms with Crippen molar-refractivity contribution in [3.05, 3.63) is 0 Å². The van der Waals surface area contributed by atoms with Crippen molar-refractivity contribution in [2.24, 2.45) is 5.92 Å². The van der Waals surface area contributed by atoms with Gasteiger partial charge in [0, 0.05) is 18.0 Å². The highest BCUT2D eigenvalue weighted by molar-refractivity contribution is 6.20. The van der Waals surface area contributed by atoms with Gasteiger partial charge in [0.2, 0.25) is 0 Å². The molecule has 3 atom stereocenters. The molecular weight excluding hydrogens is 182 g/mol. The number of rotatable bonds is 3. The fourth-order valence-corrected chi connectivity index (χ4v) is 2.33. The fourth-order valence-electron chi connectivity index (χ4n) is 2.15. The van der Waals surface area contributed by atoms with E-state index in [4.69, 9.17) is 11.6 Å². The van der Waals surface area contributed by atoms with Gasteiger partial charge in [-0.3, -0.25) is 0 Å². The molecule has 0 saturated carbocycles. The smallest absolute Gasteiger partial charge is 0.0386 e. The minimum Gasteiger partial charge on any atom is -0.300 e. The molecule has 0 bridgehead atoms. The van der Waals surface area contributed by atoms with Crippen molar-refractivity contribution < 1.29 is 0 Å². The molecule has 1 rings (SSSR count). The lowest BCUT2D eigenvalue weighted by molar-refractivity contribution is 0.135. The van der Waals surface area contributed by atoms with Crippen LogP contribution in [0.5, 0.6) is 0 Å². The maximum Gasteiger partial charge on any atom is 0.0386 e. The number of piperidine rings is 1. The highest BCUT2D eigenvalue weighted by Crippen LogP contribution is 2.23. The maximum absolute atomic E-state index is 6.19.